The number of aromatic nitrogens is 2. The number of benzene rings is 1. The number of pyridine rings is 1. The second kappa shape index (κ2) is 6.07. The smallest absolute Gasteiger partial charge is 0.269 e. The molecule has 0 aliphatic carbocycles. The molecule has 2 aromatic heterocycles. The standard InChI is InChI=1S/C15H13FN4OS/c16-11-3-1-2-9-4-5-12(20-13(9)11)14(21)18-7-6-10-8-22-15(17)19-10/h1-5,8H,6-7H2,(H2,17,19)(H,18,21). The van der Waals surface area contributed by atoms with Gasteiger partial charge in [0.15, 0.2) is 5.13 Å². The number of anilines is 1. The summed E-state index contributed by atoms with van der Waals surface area (Å²) in [6.07, 6.45) is 0.585. The molecule has 2 heterocycles. The highest BCUT2D eigenvalue weighted by Gasteiger charge is 2.10. The Morgan fingerprint density at radius 1 is 1.27 bits per heavy atom. The molecule has 0 fully saturated rings. The van der Waals surface area contributed by atoms with Crippen molar-refractivity contribution in [2.24, 2.45) is 0 Å². The molecule has 0 saturated heterocycles. The fourth-order valence-corrected chi connectivity index (χ4v) is 2.67. The maximum Gasteiger partial charge on any atom is 0.269 e. The van der Waals surface area contributed by atoms with E-state index in [1.165, 1.54) is 17.4 Å². The van der Waals surface area contributed by atoms with Gasteiger partial charge in [0.25, 0.3) is 5.91 Å². The van der Waals surface area contributed by atoms with E-state index in [0.29, 0.717) is 23.5 Å². The molecule has 3 rings (SSSR count). The zero-order valence-electron chi connectivity index (χ0n) is 11.5. The van der Waals surface area contributed by atoms with E-state index in [1.54, 1.807) is 24.3 Å². The minimum absolute atomic E-state index is 0.190. The molecule has 3 aromatic rings. The molecule has 1 aromatic carbocycles. The molecule has 0 aliphatic rings. The number of nitrogens with two attached hydrogens (primary N) is 1. The summed E-state index contributed by atoms with van der Waals surface area (Å²) in [5.74, 6) is -0.779. The lowest BCUT2D eigenvalue weighted by Gasteiger charge is -2.05. The molecule has 0 aliphatic heterocycles. The number of para-hydroxylation sites is 1. The molecule has 1 amide bonds. The van der Waals surface area contributed by atoms with Crippen LogP contribution < -0.4 is 11.1 Å². The van der Waals surface area contributed by atoms with E-state index in [4.69, 9.17) is 5.73 Å². The number of nitrogen functional groups attached to an aromatic ring is 1. The number of hydrogen-bond donors (Lipinski definition) is 2. The summed E-state index contributed by atoms with van der Waals surface area (Å²) >= 11 is 1.36. The highest BCUT2D eigenvalue weighted by Crippen LogP contribution is 2.16. The lowest BCUT2D eigenvalue weighted by atomic mass is 10.2. The van der Waals surface area contributed by atoms with Crippen LogP contribution in [0.2, 0.25) is 0 Å². The van der Waals surface area contributed by atoms with E-state index < -0.39 is 5.82 Å². The first-order chi connectivity index (χ1) is 10.6. The van der Waals surface area contributed by atoms with Crippen molar-refractivity contribution in [3.63, 3.8) is 0 Å². The highest BCUT2D eigenvalue weighted by molar-refractivity contribution is 7.13. The summed E-state index contributed by atoms with van der Waals surface area (Å²) < 4.78 is 13.7. The van der Waals surface area contributed by atoms with Crippen molar-refractivity contribution in [3.8, 4) is 0 Å². The van der Waals surface area contributed by atoms with Crippen molar-refractivity contribution in [3.05, 3.63) is 52.9 Å². The summed E-state index contributed by atoms with van der Waals surface area (Å²) in [7, 11) is 0. The summed E-state index contributed by atoms with van der Waals surface area (Å²) in [6, 6.07) is 7.95. The normalized spacial score (nSPS) is 10.8. The number of rotatable bonds is 4. The Balaban J connectivity index is 1.68. The van der Waals surface area contributed by atoms with Crippen LogP contribution in [0.1, 0.15) is 16.2 Å². The monoisotopic (exact) mass is 316 g/mol. The summed E-state index contributed by atoms with van der Waals surface area (Å²) in [4.78, 5) is 20.3. The fraction of sp³-hybridized carbons (Fsp3) is 0.133. The zero-order valence-corrected chi connectivity index (χ0v) is 12.4. The second-order valence-corrected chi connectivity index (χ2v) is 5.58. The average molecular weight is 316 g/mol. The van der Waals surface area contributed by atoms with Gasteiger partial charge in [-0.1, -0.05) is 18.2 Å². The van der Waals surface area contributed by atoms with E-state index in [1.807, 2.05) is 5.38 Å². The lowest BCUT2D eigenvalue weighted by Crippen LogP contribution is -2.26. The number of carbonyl (C=O) groups excluding carboxylic acids is 1. The molecule has 0 radical (unpaired) electrons. The van der Waals surface area contributed by atoms with Crippen LogP contribution in [0.5, 0.6) is 0 Å². The van der Waals surface area contributed by atoms with Crippen LogP contribution in [0.3, 0.4) is 0 Å². The first kappa shape index (κ1) is 14.4. The first-order valence-corrected chi connectivity index (χ1v) is 7.55. The third kappa shape index (κ3) is 3.04. The lowest BCUT2D eigenvalue weighted by molar-refractivity contribution is 0.0949. The Hall–Kier alpha value is -2.54. The Kier molecular flexibility index (Phi) is 3.97. The number of amides is 1. The molecule has 5 nitrogen and oxygen atoms in total. The van der Waals surface area contributed by atoms with Gasteiger partial charge in [0.05, 0.1) is 5.69 Å². The maximum atomic E-state index is 13.7. The molecule has 0 saturated carbocycles. The van der Waals surface area contributed by atoms with E-state index in [9.17, 15) is 9.18 Å². The van der Waals surface area contributed by atoms with Gasteiger partial charge in [-0.3, -0.25) is 4.79 Å². The Morgan fingerprint density at radius 3 is 2.91 bits per heavy atom. The molecular weight excluding hydrogens is 303 g/mol. The summed E-state index contributed by atoms with van der Waals surface area (Å²) in [5.41, 5.74) is 6.76. The van der Waals surface area contributed by atoms with Gasteiger partial charge >= 0.3 is 0 Å². The van der Waals surface area contributed by atoms with E-state index >= 15 is 0 Å². The van der Waals surface area contributed by atoms with Gasteiger partial charge < -0.3 is 11.1 Å². The minimum Gasteiger partial charge on any atom is -0.375 e. The van der Waals surface area contributed by atoms with Crippen LogP contribution in [-0.2, 0) is 6.42 Å². The van der Waals surface area contributed by atoms with E-state index in [-0.39, 0.29) is 17.1 Å². The predicted molar refractivity (Wildman–Crippen MR) is 84.3 cm³/mol. The number of carbonyl (C=O) groups is 1. The topological polar surface area (TPSA) is 80.9 Å². The van der Waals surface area contributed by atoms with Crippen LogP contribution in [0, 0.1) is 5.82 Å². The summed E-state index contributed by atoms with van der Waals surface area (Å²) in [5, 5.41) is 5.76. The van der Waals surface area contributed by atoms with Gasteiger partial charge in [-0.05, 0) is 12.1 Å². The molecule has 7 heteroatoms. The van der Waals surface area contributed by atoms with Crippen LogP contribution in [0.15, 0.2) is 35.7 Å². The molecule has 0 unspecified atom stereocenters. The number of nitrogens with zero attached hydrogens (tertiary/aromatic N) is 2. The first-order valence-electron chi connectivity index (χ1n) is 6.67. The Morgan fingerprint density at radius 2 is 2.14 bits per heavy atom. The van der Waals surface area contributed by atoms with Crippen LogP contribution in [-0.4, -0.2) is 22.4 Å². The highest BCUT2D eigenvalue weighted by atomic mass is 32.1. The van der Waals surface area contributed by atoms with Gasteiger partial charge in [-0.2, -0.15) is 0 Å². The Bertz CT molecular complexity index is 833. The quantitative estimate of drug-likeness (QED) is 0.774. The van der Waals surface area contributed by atoms with Crippen molar-refractivity contribution in [2.45, 2.75) is 6.42 Å². The molecule has 0 bridgehead atoms. The predicted octanol–water partition coefficient (Wildman–Crippen LogP) is 2.39. The van der Waals surface area contributed by atoms with Crippen molar-refractivity contribution >= 4 is 33.3 Å². The molecule has 0 spiro atoms. The molecule has 112 valence electrons. The van der Waals surface area contributed by atoms with Gasteiger partial charge in [-0.15, -0.1) is 11.3 Å². The number of hydrogen-bond acceptors (Lipinski definition) is 5. The number of fused-ring (bicyclic) bond motifs is 1. The van der Waals surface area contributed by atoms with Gasteiger partial charge in [0, 0.05) is 23.7 Å². The van der Waals surface area contributed by atoms with Gasteiger partial charge in [0.2, 0.25) is 0 Å². The largest absolute Gasteiger partial charge is 0.375 e. The van der Waals surface area contributed by atoms with Gasteiger partial charge in [0.1, 0.15) is 17.0 Å². The molecular formula is C15H13FN4OS. The van der Waals surface area contributed by atoms with Crippen molar-refractivity contribution < 1.29 is 9.18 Å². The molecule has 0 atom stereocenters. The third-order valence-corrected chi connectivity index (χ3v) is 3.86. The van der Waals surface area contributed by atoms with Gasteiger partial charge in [-0.25, -0.2) is 14.4 Å². The molecule has 22 heavy (non-hydrogen) atoms. The number of nitrogens with one attached hydrogen (secondary N) is 1. The average Bonchev–Trinajstić information content (AvgIpc) is 2.93. The maximum absolute atomic E-state index is 13.7. The Labute approximate surface area is 130 Å². The molecule has 3 N–H and O–H groups in total. The third-order valence-electron chi connectivity index (χ3n) is 3.14. The minimum atomic E-state index is -0.440. The second-order valence-electron chi connectivity index (χ2n) is 4.69. The van der Waals surface area contributed by atoms with E-state index in [2.05, 4.69) is 15.3 Å². The van der Waals surface area contributed by atoms with Crippen LogP contribution in [0.25, 0.3) is 10.9 Å². The van der Waals surface area contributed by atoms with E-state index in [0.717, 1.165) is 5.69 Å². The van der Waals surface area contributed by atoms with Crippen LogP contribution >= 0.6 is 11.3 Å². The van der Waals surface area contributed by atoms with Crippen LogP contribution in [0.4, 0.5) is 9.52 Å². The fourth-order valence-electron chi connectivity index (χ4n) is 2.07. The number of thiazole rings is 1. The summed E-state index contributed by atoms with van der Waals surface area (Å²) in [6.45, 7) is 0.416. The zero-order chi connectivity index (χ0) is 15.5. The van der Waals surface area contributed by atoms with Crippen molar-refractivity contribution in [1.29, 1.82) is 0 Å². The van der Waals surface area contributed by atoms with Crippen molar-refractivity contribution in [1.82, 2.24) is 15.3 Å². The van der Waals surface area contributed by atoms with Crippen molar-refractivity contribution in [2.75, 3.05) is 12.3 Å². The number of halogens is 1. The SMILES string of the molecule is Nc1nc(CCNC(=O)c2ccc3cccc(F)c3n2)cs1.